The van der Waals surface area contributed by atoms with Crippen molar-refractivity contribution in [2.24, 2.45) is 0 Å². The zero-order valence-electron chi connectivity index (χ0n) is 32.2. The second-order valence-corrected chi connectivity index (χ2v) is 13.8. The summed E-state index contributed by atoms with van der Waals surface area (Å²) in [4.78, 5) is 67.2. The van der Waals surface area contributed by atoms with Crippen LogP contribution in [0.25, 0.3) is 90.9 Å². The van der Waals surface area contributed by atoms with E-state index in [1.807, 2.05) is 0 Å². The van der Waals surface area contributed by atoms with Crippen LogP contribution in [-0.4, -0.2) is 33.8 Å². The van der Waals surface area contributed by atoms with Gasteiger partial charge in [0.2, 0.25) is 0 Å². The van der Waals surface area contributed by atoms with Gasteiger partial charge >= 0.3 is 21.8 Å². The van der Waals surface area contributed by atoms with E-state index in [4.69, 9.17) is 19.9 Å². The summed E-state index contributed by atoms with van der Waals surface area (Å²) in [5, 5.41) is 46.8. The molecule has 7 aromatic rings. The van der Waals surface area contributed by atoms with Crippen LogP contribution >= 0.6 is 0 Å². The fourth-order valence-corrected chi connectivity index (χ4v) is 7.36. The number of rotatable bonds is 8. The van der Waals surface area contributed by atoms with Crippen molar-refractivity contribution in [2.75, 3.05) is 0 Å². The summed E-state index contributed by atoms with van der Waals surface area (Å²) in [6.07, 6.45) is 7.20. The van der Waals surface area contributed by atoms with Gasteiger partial charge in [0.15, 0.2) is 0 Å². The average Bonchev–Trinajstić information content (AvgIpc) is 4.10. The maximum Gasteiger partial charge on any atom is 2.00 e. The Hall–Kier alpha value is -7.98. The molecular formula is C48H25N4O8Pd-3. The minimum Gasteiger partial charge on any atom is -0.657 e. The van der Waals surface area contributed by atoms with Gasteiger partial charge in [-0.15, -0.1) is 22.1 Å². The molecule has 0 radical (unpaired) electrons. The number of nitrogens with zero attached hydrogens (tertiary/aromatic N) is 4. The first-order valence-electron chi connectivity index (χ1n) is 18.4. The molecule has 5 heterocycles. The number of hydrogen-bond donors (Lipinski definition) is 0. The number of fused-ring (bicyclic) bond motifs is 8. The van der Waals surface area contributed by atoms with Crippen LogP contribution in [0.15, 0.2) is 121 Å². The van der Waals surface area contributed by atoms with Gasteiger partial charge in [-0.3, -0.25) is 0 Å². The molecular weight excluding hydrogens is 867 g/mol. The predicted octanol–water partition coefficient (Wildman–Crippen LogP) is 4.15. The molecule has 12 nitrogen and oxygen atoms in total. The van der Waals surface area contributed by atoms with Crippen LogP contribution in [0.2, 0.25) is 0 Å². The maximum absolute atomic E-state index is 11.7. The molecule has 0 unspecified atom stereocenters. The number of carbonyl (C=O) groups is 4. The van der Waals surface area contributed by atoms with Gasteiger partial charge in [0.05, 0.1) is 46.7 Å². The smallest absolute Gasteiger partial charge is 0.657 e. The standard InChI is InChI=1S/C48H30N4O8.Pd/c53-45(54)29-9-1-25(2-10-29)41-33-17-19-35(49-33)42(26-3-11-30(12-4-26)46(55)56)37-21-23-39(51-37)44(28-7-15-32(16-8-28)48(59)60)40-24-22-38(52-40)43(36-20-18-34(41)50-36)27-5-13-31(14-6-27)47(57)58;/h1-24H,(H6,49,50,51,52,53,54,55,56,57,58,59,60);/q;+2/p-5. The Bertz CT molecular complexity index is 2770. The molecule has 0 aliphatic carbocycles. The fourth-order valence-electron chi connectivity index (χ4n) is 7.36. The van der Waals surface area contributed by atoms with Gasteiger partial charge in [-0.05, 0) is 91.1 Å². The molecule has 0 saturated carbocycles. The quantitative estimate of drug-likeness (QED) is 0.197. The van der Waals surface area contributed by atoms with Crippen LogP contribution in [0.3, 0.4) is 0 Å². The zero-order chi connectivity index (χ0) is 41.7. The van der Waals surface area contributed by atoms with Crippen LogP contribution < -0.4 is 30.4 Å². The van der Waals surface area contributed by atoms with E-state index in [9.17, 15) is 39.6 Å². The van der Waals surface area contributed by atoms with E-state index in [0.29, 0.717) is 89.4 Å². The number of carboxylic acids is 4. The van der Waals surface area contributed by atoms with Gasteiger partial charge in [0.1, 0.15) is 0 Å². The number of benzene rings is 4. The Kier molecular flexibility index (Phi) is 10.4. The van der Waals surface area contributed by atoms with Gasteiger partial charge in [-0.25, -0.2) is 9.97 Å². The molecule has 298 valence electrons. The second kappa shape index (κ2) is 16.0. The number of aromatic carboxylic acids is 4. The van der Waals surface area contributed by atoms with Gasteiger partial charge in [0, 0.05) is 0 Å². The maximum atomic E-state index is 11.7. The Morgan fingerprint density at radius 3 is 0.721 bits per heavy atom. The predicted molar refractivity (Wildman–Crippen MR) is 217 cm³/mol. The first-order valence-corrected chi connectivity index (χ1v) is 18.4. The topological polar surface area (TPSA) is 214 Å². The summed E-state index contributed by atoms with van der Waals surface area (Å²) >= 11 is 0. The van der Waals surface area contributed by atoms with E-state index >= 15 is 0 Å². The third kappa shape index (κ3) is 7.47. The average molecular weight is 892 g/mol. The van der Waals surface area contributed by atoms with Crippen LogP contribution in [-0.2, 0) is 20.4 Å². The molecule has 2 aliphatic rings. The third-order valence-corrected chi connectivity index (χ3v) is 10.2. The van der Waals surface area contributed by atoms with E-state index in [-0.39, 0.29) is 44.1 Å². The molecule has 0 saturated heterocycles. The van der Waals surface area contributed by atoms with Gasteiger partial charge < -0.3 is 49.6 Å². The molecule has 2 aliphatic heterocycles. The largest absolute Gasteiger partial charge is 2.00 e. The van der Waals surface area contributed by atoms with Gasteiger partial charge in [0.25, 0.3) is 0 Å². The van der Waals surface area contributed by atoms with Crippen LogP contribution in [0.1, 0.15) is 65.6 Å². The van der Waals surface area contributed by atoms with Crippen molar-refractivity contribution in [1.29, 1.82) is 0 Å². The minimum atomic E-state index is -1.34. The molecule has 0 spiro atoms. The van der Waals surface area contributed by atoms with Crippen molar-refractivity contribution in [1.82, 2.24) is 19.9 Å². The Morgan fingerprint density at radius 2 is 0.541 bits per heavy atom. The van der Waals surface area contributed by atoms with E-state index in [1.54, 1.807) is 97.1 Å². The summed E-state index contributed by atoms with van der Waals surface area (Å²) in [5.41, 5.74) is 8.39. The van der Waals surface area contributed by atoms with Gasteiger partial charge in [-0.2, -0.15) is 0 Å². The number of hydrogen-bond acceptors (Lipinski definition) is 10. The third-order valence-electron chi connectivity index (χ3n) is 10.2. The van der Waals surface area contributed by atoms with E-state index in [2.05, 4.69) is 0 Å². The second-order valence-electron chi connectivity index (χ2n) is 13.8. The summed E-state index contributed by atoms with van der Waals surface area (Å²) in [5.74, 6) is -5.34. The number of carbonyl (C=O) groups excluding carboxylic acids is 4. The molecule has 8 bridgehead atoms. The molecule has 0 fully saturated rings. The first-order chi connectivity index (χ1) is 29.0. The molecule has 0 N–H and O–H groups in total. The van der Waals surface area contributed by atoms with Crippen molar-refractivity contribution >= 4 is 70.2 Å². The number of carboxylic acid groups (broad SMARTS) is 4. The summed E-state index contributed by atoms with van der Waals surface area (Å²) in [7, 11) is 0. The van der Waals surface area contributed by atoms with Crippen LogP contribution in [0, 0.1) is 0 Å². The Morgan fingerprint density at radius 1 is 0.344 bits per heavy atom. The van der Waals surface area contributed by atoms with E-state index in [0.717, 1.165) is 0 Å². The van der Waals surface area contributed by atoms with Crippen molar-refractivity contribution in [2.45, 2.75) is 0 Å². The molecule has 3 aromatic heterocycles. The fraction of sp³-hybridized carbons (Fsp3) is 0. The Labute approximate surface area is 361 Å². The molecule has 61 heavy (non-hydrogen) atoms. The van der Waals surface area contributed by atoms with Crippen molar-refractivity contribution in [3.63, 3.8) is 0 Å². The summed E-state index contributed by atoms with van der Waals surface area (Å²) < 4.78 is 0. The van der Waals surface area contributed by atoms with E-state index in [1.165, 1.54) is 48.5 Å². The Balaban J connectivity index is 0.00000289. The number of aromatic nitrogens is 4. The SMILES string of the molecule is O=C([O-])c1ccc(-c2c3nc(c(-c4ccc(C(=O)[O-])cc4)c4ccc([n-]4)c(-c4ccc(C(=O)[O-])cc4)c4nc(c(-c5ccc(C(=O)[O-])cc5)c5ccc2[n-]5)C=C4)C=C3)cc1.[H+].[Pd+2]. The van der Waals surface area contributed by atoms with Crippen LogP contribution in [0.5, 0.6) is 0 Å². The minimum absolute atomic E-state index is 0. The van der Waals surface area contributed by atoms with Gasteiger partial charge in [-0.1, -0.05) is 121 Å². The summed E-state index contributed by atoms with van der Waals surface area (Å²) in [6, 6.07) is 31.8. The van der Waals surface area contributed by atoms with Crippen molar-refractivity contribution < 1.29 is 61.5 Å². The zero-order valence-corrected chi connectivity index (χ0v) is 32.8. The monoisotopic (exact) mass is 891 g/mol. The normalized spacial score (nSPS) is 11.5. The molecule has 4 aromatic carbocycles. The molecule has 0 atom stereocenters. The first kappa shape index (κ1) is 39.8. The van der Waals surface area contributed by atoms with Crippen molar-refractivity contribution in [3.8, 4) is 44.5 Å². The van der Waals surface area contributed by atoms with Crippen LogP contribution in [0.4, 0.5) is 0 Å². The van der Waals surface area contributed by atoms with E-state index < -0.39 is 23.9 Å². The molecule has 13 heteroatoms. The van der Waals surface area contributed by atoms with Crippen molar-refractivity contribution in [3.05, 3.63) is 166 Å². The summed E-state index contributed by atoms with van der Waals surface area (Å²) in [6.45, 7) is 0. The molecule has 9 rings (SSSR count). The molecule has 0 amide bonds.